The van der Waals surface area contributed by atoms with Crippen molar-refractivity contribution in [2.75, 3.05) is 67.0 Å². The van der Waals surface area contributed by atoms with Crippen LogP contribution in [0.25, 0.3) is 0 Å². The van der Waals surface area contributed by atoms with Crippen molar-refractivity contribution in [3.63, 3.8) is 0 Å². The Bertz CT molecular complexity index is 228. The van der Waals surface area contributed by atoms with E-state index in [1.165, 1.54) is 38.9 Å². The van der Waals surface area contributed by atoms with Crippen LogP contribution in [-0.4, -0.2) is 83.0 Å². The zero-order valence-corrected chi connectivity index (χ0v) is 13.7. The van der Waals surface area contributed by atoms with Crippen molar-refractivity contribution in [2.24, 2.45) is 0 Å². The van der Waals surface area contributed by atoms with Crippen molar-refractivity contribution in [1.82, 2.24) is 20.4 Å². The van der Waals surface area contributed by atoms with Gasteiger partial charge >= 0.3 is 0 Å². The summed E-state index contributed by atoms with van der Waals surface area (Å²) in [5, 5.41) is 6.99. The second-order valence-electron chi connectivity index (χ2n) is 5.88. The Balaban J connectivity index is 2.30. The summed E-state index contributed by atoms with van der Waals surface area (Å²) in [7, 11) is 6.24. The van der Waals surface area contributed by atoms with E-state index in [9.17, 15) is 0 Å². The van der Waals surface area contributed by atoms with E-state index in [-0.39, 0.29) is 6.23 Å². The molecule has 1 heterocycles. The van der Waals surface area contributed by atoms with E-state index in [0.29, 0.717) is 0 Å². The summed E-state index contributed by atoms with van der Waals surface area (Å²) in [6.45, 7) is 7.89. The first-order chi connectivity index (χ1) is 9.72. The molecule has 20 heavy (non-hydrogen) atoms. The molecule has 5 nitrogen and oxygen atoms in total. The van der Waals surface area contributed by atoms with Crippen LogP contribution >= 0.6 is 0 Å². The van der Waals surface area contributed by atoms with Crippen LogP contribution < -0.4 is 10.6 Å². The third-order valence-electron chi connectivity index (χ3n) is 3.93. The molecule has 0 saturated carbocycles. The van der Waals surface area contributed by atoms with Crippen molar-refractivity contribution in [3.8, 4) is 0 Å². The van der Waals surface area contributed by atoms with Crippen molar-refractivity contribution >= 4 is 0 Å². The first-order valence-electron chi connectivity index (χ1n) is 8.06. The molecule has 0 aromatic carbocycles. The highest BCUT2D eigenvalue weighted by Gasteiger charge is 2.07. The van der Waals surface area contributed by atoms with Gasteiger partial charge in [0.1, 0.15) is 6.23 Å². The number of ether oxygens (including phenoxy) is 1. The average Bonchev–Trinajstić information content (AvgIpc) is 2.43. The third-order valence-corrected chi connectivity index (χ3v) is 3.93. The van der Waals surface area contributed by atoms with Crippen LogP contribution in [0.5, 0.6) is 0 Å². The lowest BCUT2D eigenvalue weighted by atomic mass is 10.3. The SMILES string of the molecule is COC1CCNCCCN(C)CCCN(C)CCCN1. The van der Waals surface area contributed by atoms with E-state index in [2.05, 4.69) is 34.5 Å². The first-order valence-corrected chi connectivity index (χ1v) is 8.06. The molecule has 1 aliphatic rings. The van der Waals surface area contributed by atoms with Gasteiger partial charge in [-0.25, -0.2) is 0 Å². The van der Waals surface area contributed by atoms with Crippen molar-refractivity contribution in [1.29, 1.82) is 0 Å². The fourth-order valence-electron chi connectivity index (χ4n) is 2.58. The Labute approximate surface area is 125 Å². The molecule has 0 aliphatic carbocycles. The number of nitrogens with zero attached hydrogens (tertiary/aromatic N) is 2. The maximum Gasteiger partial charge on any atom is 0.108 e. The van der Waals surface area contributed by atoms with Gasteiger partial charge in [-0.1, -0.05) is 0 Å². The van der Waals surface area contributed by atoms with Crippen LogP contribution in [0.2, 0.25) is 0 Å². The largest absolute Gasteiger partial charge is 0.367 e. The molecule has 0 radical (unpaired) electrons. The highest BCUT2D eigenvalue weighted by molar-refractivity contribution is 4.63. The zero-order valence-electron chi connectivity index (χ0n) is 13.7. The smallest absolute Gasteiger partial charge is 0.108 e. The Hall–Kier alpha value is -0.200. The Kier molecular flexibility index (Phi) is 10.2. The standard InChI is InChI=1S/C15H34N4O/c1-18-11-4-8-16-10-7-15(20-3)17-9-5-12-19(2)14-6-13-18/h15-17H,4-14H2,1-3H3. The number of methoxy groups -OCH3 is 1. The molecule has 2 N–H and O–H groups in total. The summed E-state index contributed by atoms with van der Waals surface area (Å²) < 4.78 is 5.47. The fraction of sp³-hybridized carbons (Fsp3) is 1.00. The number of rotatable bonds is 1. The zero-order chi connectivity index (χ0) is 14.6. The summed E-state index contributed by atoms with van der Waals surface area (Å²) in [5.74, 6) is 0. The predicted octanol–water partition coefficient (Wildman–Crippen LogP) is 0.576. The third kappa shape index (κ3) is 8.87. The molecule has 0 aromatic rings. The Morgan fingerprint density at radius 1 is 0.850 bits per heavy atom. The van der Waals surface area contributed by atoms with Gasteiger partial charge in [0.15, 0.2) is 0 Å². The van der Waals surface area contributed by atoms with Crippen LogP contribution in [-0.2, 0) is 4.74 Å². The minimum Gasteiger partial charge on any atom is -0.367 e. The summed E-state index contributed by atoms with van der Waals surface area (Å²) >= 11 is 0. The second-order valence-corrected chi connectivity index (χ2v) is 5.88. The predicted molar refractivity (Wildman–Crippen MR) is 85.1 cm³/mol. The number of hydrogen-bond acceptors (Lipinski definition) is 5. The summed E-state index contributed by atoms with van der Waals surface area (Å²) in [6.07, 6.45) is 4.87. The van der Waals surface area contributed by atoms with E-state index in [0.717, 1.165) is 32.6 Å². The van der Waals surface area contributed by atoms with Crippen molar-refractivity contribution in [2.45, 2.75) is 31.9 Å². The maximum absolute atomic E-state index is 5.47. The number of nitrogens with one attached hydrogen (secondary N) is 2. The molecule has 1 aliphatic heterocycles. The molecule has 1 rings (SSSR count). The van der Waals surface area contributed by atoms with Gasteiger partial charge < -0.3 is 19.9 Å². The lowest BCUT2D eigenvalue weighted by Crippen LogP contribution is -2.37. The first kappa shape index (κ1) is 17.9. The van der Waals surface area contributed by atoms with Gasteiger partial charge in [0.25, 0.3) is 0 Å². The lowest BCUT2D eigenvalue weighted by molar-refractivity contribution is 0.0662. The quantitative estimate of drug-likeness (QED) is 0.738. The molecule has 1 saturated heterocycles. The highest BCUT2D eigenvalue weighted by Crippen LogP contribution is 1.97. The molecular weight excluding hydrogens is 252 g/mol. The second kappa shape index (κ2) is 11.5. The van der Waals surface area contributed by atoms with E-state index in [1.54, 1.807) is 7.11 Å². The van der Waals surface area contributed by atoms with Gasteiger partial charge in [-0.05, 0) is 85.6 Å². The maximum atomic E-state index is 5.47. The van der Waals surface area contributed by atoms with Crippen LogP contribution in [0.4, 0.5) is 0 Å². The molecule has 0 amide bonds. The van der Waals surface area contributed by atoms with Crippen LogP contribution in [0.1, 0.15) is 25.7 Å². The molecular formula is C15H34N4O. The minimum absolute atomic E-state index is 0.184. The average molecular weight is 286 g/mol. The Morgan fingerprint density at radius 2 is 1.45 bits per heavy atom. The summed E-state index contributed by atoms with van der Waals surface area (Å²) in [4.78, 5) is 4.88. The number of hydrogen-bond donors (Lipinski definition) is 2. The van der Waals surface area contributed by atoms with Gasteiger partial charge in [0, 0.05) is 7.11 Å². The van der Waals surface area contributed by atoms with E-state index in [1.807, 2.05) is 0 Å². The molecule has 120 valence electrons. The molecule has 1 unspecified atom stereocenters. The molecule has 0 spiro atoms. The minimum atomic E-state index is 0.184. The topological polar surface area (TPSA) is 39.8 Å². The van der Waals surface area contributed by atoms with Crippen molar-refractivity contribution < 1.29 is 4.74 Å². The van der Waals surface area contributed by atoms with E-state index >= 15 is 0 Å². The normalized spacial score (nSPS) is 27.4. The van der Waals surface area contributed by atoms with Crippen molar-refractivity contribution in [3.05, 3.63) is 0 Å². The highest BCUT2D eigenvalue weighted by atomic mass is 16.5. The van der Waals surface area contributed by atoms with Gasteiger partial charge in [-0.15, -0.1) is 0 Å². The van der Waals surface area contributed by atoms with Gasteiger partial charge in [-0.3, -0.25) is 5.32 Å². The van der Waals surface area contributed by atoms with Gasteiger partial charge in [-0.2, -0.15) is 0 Å². The van der Waals surface area contributed by atoms with Crippen LogP contribution in [0, 0.1) is 0 Å². The lowest BCUT2D eigenvalue weighted by Gasteiger charge is -2.22. The molecule has 5 heteroatoms. The Morgan fingerprint density at radius 3 is 2.10 bits per heavy atom. The van der Waals surface area contributed by atoms with Gasteiger partial charge in [0.05, 0.1) is 0 Å². The van der Waals surface area contributed by atoms with Gasteiger partial charge in [0.2, 0.25) is 0 Å². The van der Waals surface area contributed by atoms with Crippen LogP contribution in [0.15, 0.2) is 0 Å². The van der Waals surface area contributed by atoms with E-state index < -0.39 is 0 Å². The monoisotopic (exact) mass is 286 g/mol. The summed E-state index contributed by atoms with van der Waals surface area (Å²) in [5.41, 5.74) is 0. The van der Waals surface area contributed by atoms with Crippen LogP contribution in [0.3, 0.4) is 0 Å². The molecule has 1 atom stereocenters. The molecule has 0 aromatic heterocycles. The summed E-state index contributed by atoms with van der Waals surface area (Å²) in [6, 6.07) is 0. The molecule has 1 fully saturated rings. The fourth-order valence-corrected chi connectivity index (χ4v) is 2.58. The molecule has 0 bridgehead atoms. The van der Waals surface area contributed by atoms with E-state index in [4.69, 9.17) is 4.74 Å².